The highest BCUT2D eigenvalue weighted by molar-refractivity contribution is 6.27. The summed E-state index contributed by atoms with van der Waals surface area (Å²) in [5, 5.41) is 0. The van der Waals surface area contributed by atoms with Crippen LogP contribution in [0, 0.1) is 18.3 Å². The van der Waals surface area contributed by atoms with Gasteiger partial charge in [-0.15, -0.1) is 0 Å². The zero-order chi connectivity index (χ0) is 30.5. The normalized spacial score (nSPS) is 20.5. The number of benzene rings is 1. The third-order valence-electron chi connectivity index (χ3n) is 8.93. The maximum atomic E-state index is 13.5. The van der Waals surface area contributed by atoms with Gasteiger partial charge in [-0.25, -0.2) is 4.98 Å². The van der Waals surface area contributed by atoms with E-state index in [-0.39, 0.29) is 35.3 Å². The van der Waals surface area contributed by atoms with E-state index < -0.39 is 11.9 Å². The fourth-order valence-electron chi connectivity index (χ4n) is 6.65. The van der Waals surface area contributed by atoms with Gasteiger partial charge in [0.05, 0.1) is 24.1 Å². The first kappa shape index (κ1) is 29.1. The minimum absolute atomic E-state index is 0.0172. The average molecular weight is 593 g/mol. The summed E-state index contributed by atoms with van der Waals surface area (Å²) in [5.41, 5.74) is 3.09. The fraction of sp³-hybridized carbons (Fsp3) is 0.469. The Balaban J connectivity index is 1.13. The number of carbonyl (C=O) groups excluding carboxylic acids is 2. The Morgan fingerprint density at radius 1 is 1.07 bits per heavy atom. The van der Waals surface area contributed by atoms with Crippen LogP contribution in [0.3, 0.4) is 0 Å². The lowest BCUT2D eigenvalue weighted by Crippen LogP contribution is -2.51. The number of fused-ring (bicyclic) bond motifs is 1. The van der Waals surface area contributed by atoms with Crippen molar-refractivity contribution in [3.63, 3.8) is 0 Å². The monoisotopic (exact) mass is 592 g/mol. The van der Waals surface area contributed by atoms with Crippen molar-refractivity contribution in [1.82, 2.24) is 24.2 Å². The fourth-order valence-corrected chi connectivity index (χ4v) is 6.65. The van der Waals surface area contributed by atoms with E-state index in [1.165, 1.54) is 12.3 Å². The van der Waals surface area contributed by atoms with Crippen molar-refractivity contribution in [1.29, 1.82) is 0 Å². The van der Waals surface area contributed by atoms with Gasteiger partial charge in [-0.2, -0.15) is 13.2 Å². The quantitative estimate of drug-likeness (QED) is 0.411. The SMILES string of the molecule is Cc1cc(Cc2nccn3c(C4=CCN=C4C(F)(F)F)cnc23)ccc1C(=O)N1CCN(C(=O)[C@H]2CCC(C)(C)C2)CC1. The third kappa shape index (κ3) is 5.69. The number of hydrogen-bond acceptors (Lipinski definition) is 5. The van der Waals surface area contributed by atoms with Crippen LogP contribution in [0.15, 0.2) is 47.9 Å². The van der Waals surface area contributed by atoms with E-state index >= 15 is 0 Å². The van der Waals surface area contributed by atoms with Gasteiger partial charge < -0.3 is 9.80 Å². The molecule has 2 aliphatic heterocycles. The van der Waals surface area contributed by atoms with Gasteiger partial charge >= 0.3 is 6.18 Å². The number of piperazine rings is 1. The largest absolute Gasteiger partial charge is 0.433 e. The molecule has 6 rings (SSSR count). The summed E-state index contributed by atoms with van der Waals surface area (Å²) >= 11 is 0. The number of alkyl halides is 3. The highest BCUT2D eigenvalue weighted by atomic mass is 19.4. The van der Waals surface area contributed by atoms with Crippen LogP contribution in [-0.2, 0) is 11.2 Å². The number of imidazole rings is 1. The van der Waals surface area contributed by atoms with E-state index in [1.807, 2.05) is 34.9 Å². The smallest absolute Gasteiger partial charge is 0.339 e. The average Bonchev–Trinajstić information content (AvgIpc) is 3.70. The lowest BCUT2D eigenvalue weighted by molar-refractivity contribution is -0.137. The van der Waals surface area contributed by atoms with Crippen LogP contribution in [0.1, 0.15) is 66.0 Å². The molecule has 1 saturated heterocycles. The Hall–Kier alpha value is -4.02. The summed E-state index contributed by atoms with van der Waals surface area (Å²) in [6.45, 7) is 8.42. The molecule has 3 aliphatic rings. The molecule has 0 bridgehead atoms. The maximum Gasteiger partial charge on any atom is 0.433 e. The summed E-state index contributed by atoms with van der Waals surface area (Å²) in [7, 11) is 0. The molecule has 1 saturated carbocycles. The van der Waals surface area contributed by atoms with Gasteiger partial charge in [0.1, 0.15) is 5.71 Å². The summed E-state index contributed by atoms with van der Waals surface area (Å²) < 4.78 is 42.1. The Labute approximate surface area is 248 Å². The van der Waals surface area contributed by atoms with E-state index in [0.29, 0.717) is 55.2 Å². The predicted octanol–water partition coefficient (Wildman–Crippen LogP) is 5.14. The zero-order valence-corrected chi connectivity index (χ0v) is 24.6. The number of hydrogen-bond donors (Lipinski definition) is 0. The number of nitrogens with zero attached hydrogens (tertiary/aromatic N) is 6. The van der Waals surface area contributed by atoms with E-state index in [2.05, 4.69) is 28.8 Å². The number of halogens is 3. The second-order valence-electron chi connectivity index (χ2n) is 12.6. The van der Waals surface area contributed by atoms with Crippen molar-refractivity contribution >= 4 is 28.7 Å². The molecule has 1 atom stereocenters. The first-order valence-corrected chi connectivity index (χ1v) is 14.7. The molecule has 43 heavy (non-hydrogen) atoms. The number of carbonyl (C=O) groups is 2. The number of aromatic nitrogens is 3. The highest BCUT2D eigenvalue weighted by Gasteiger charge is 2.41. The van der Waals surface area contributed by atoms with Crippen molar-refractivity contribution in [2.24, 2.45) is 16.3 Å². The van der Waals surface area contributed by atoms with Crippen LogP contribution in [0.25, 0.3) is 11.2 Å². The van der Waals surface area contributed by atoms with E-state index in [4.69, 9.17) is 0 Å². The van der Waals surface area contributed by atoms with Gasteiger partial charge in [-0.3, -0.25) is 24.0 Å². The predicted molar refractivity (Wildman–Crippen MR) is 157 cm³/mol. The first-order valence-electron chi connectivity index (χ1n) is 14.7. The van der Waals surface area contributed by atoms with Gasteiger partial charge in [-0.1, -0.05) is 32.1 Å². The Morgan fingerprint density at radius 3 is 2.49 bits per heavy atom. The molecule has 0 unspecified atom stereocenters. The molecule has 3 aromatic rings. The lowest BCUT2D eigenvalue weighted by Gasteiger charge is -2.36. The maximum absolute atomic E-state index is 13.5. The second kappa shape index (κ2) is 10.9. The minimum Gasteiger partial charge on any atom is -0.339 e. The van der Waals surface area contributed by atoms with Gasteiger partial charge in [0.25, 0.3) is 5.91 Å². The van der Waals surface area contributed by atoms with Crippen molar-refractivity contribution in [3.8, 4) is 0 Å². The lowest BCUT2D eigenvalue weighted by atomic mass is 9.90. The molecule has 0 N–H and O–H groups in total. The molecule has 2 amide bonds. The number of amides is 2. The summed E-state index contributed by atoms with van der Waals surface area (Å²) in [6, 6.07) is 5.64. The highest BCUT2D eigenvalue weighted by Crippen LogP contribution is 2.41. The molecule has 2 fully saturated rings. The van der Waals surface area contributed by atoms with Gasteiger partial charge in [-0.05, 0) is 48.8 Å². The Kier molecular flexibility index (Phi) is 7.38. The van der Waals surface area contributed by atoms with Crippen LogP contribution < -0.4 is 0 Å². The minimum atomic E-state index is -4.54. The molecule has 0 spiro atoms. The second-order valence-corrected chi connectivity index (χ2v) is 12.6. The van der Waals surface area contributed by atoms with Crippen molar-refractivity contribution in [3.05, 3.63) is 70.9 Å². The number of allylic oxidation sites excluding steroid dienone is 1. The van der Waals surface area contributed by atoms with Gasteiger partial charge in [0.2, 0.25) is 5.91 Å². The molecular formula is C32H35F3N6O2. The van der Waals surface area contributed by atoms with Crippen LogP contribution in [0.4, 0.5) is 13.2 Å². The number of aliphatic imine (C=N–C) groups is 1. The molecule has 11 heteroatoms. The number of rotatable bonds is 5. The van der Waals surface area contributed by atoms with Crippen LogP contribution in [-0.4, -0.2) is 80.6 Å². The Morgan fingerprint density at radius 2 is 1.81 bits per heavy atom. The Bertz CT molecular complexity index is 1650. The van der Waals surface area contributed by atoms with Gasteiger partial charge in [0, 0.05) is 62.0 Å². The van der Waals surface area contributed by atoms with Crippen molar-refractivity contribution in [2.75, 3.05) is 32.7 Å². The zero-order valence-electron chi connectivity index (χ0n) is 24.6. The summed E-state index contributed by atoms with van der Waals surface area (Å²) in [4.78, 5) is 42.7. The summed E-state index contributed by atoms with van der Waals surface area (Å²) in [5.74, 6) is 0.260. The molecule has 1 aliphatic carbocycles. The number of aryl methyl sites for hydroxylation is 1. The molecule has 226 valence electrons. The van der Waals surface area contributed by atoms with Crippen LogP contribution >= 0.6 is 0 Å². The van der Waals surface area contributed by atoms with Crippen molar-refractivity contribution < 1.29 is 22.8 Å². The van der Waals surface area contributed by atoms with Gasteiger partial charge in [0.15, 0.2) is 5.65 Å². The molecule has 0 radical (unpaired) electrons. The molecule has 1 aromatic carbocycles. The molecule has 2 aromatic heterocycles. The third-order valence-corrected chi connectivity index (χ3v) is 8.93. The van der Waals surface area contributed by atoms with E-state index in [1.54, 1.807) is 16.8 Å². The molecule has 4 heterocycles. The van der Waals surface area contributed by atoms with E-state index in [0.717, 1.165) is 30.4 Å². The van der Waals surface area contributed by atoms with Crippen LogP contribution in [0.5, 0.6) is 0 Å². The topological polar surface area (TPSA) is 83.2 Å². The van der Waals surface area contributed by atoms with Crippen molar-refractivity contribution in [2.45, 2.75) is 52.6 Å². The molecule has 8 nitrogen and oxygen atoms in total. The summed E-state index contributed by atoms with van der Waals surface area (Å²) in [6.07, 6.45) is 4.82. The molecular weight excluding hydrogens is 557 g/mol. The standard InChI is InChI=1S/C32H35F3N6O2/c1-20-16-21(17-25-28-38-19-26(41(28)11-10-36-25)24-7-9-37-27(24)32(33,34)35)4-5-23(20)30(43)40-14-12-39(13-15-40)29(42)22-6-8-31(2,3)18-22/h4-5,7,10-11,16,19,22H,6,8-9,12-15,17-18H2,1-3H3/t22-/m0/s1. The first-order chi connectivity index (χ1) is 20.4. The van der Waals surface area contributed by atoms with Crippen LogP contribution in [0.2, 0.25) is 0 Å². The van der Waals surface area contributed by atoms with E-state index in [9.17, 15) is 22.8 Å².